The van der Waals surface area contributed by atoms with Crippen LogP contribution in [0, 0.1) is 0 Å². The Hall–Kier alpha value is -2.22. The second kappa shape index (κ2) is 8.81. The molecule has 0 radical (unpaired) electrons. The summed E-state index contributed by atoms with van der Waals surface area (Å²) >= 11 is 0. The summed E-state index contributed by atoms with van der Waals surface area (Å²) in [7, 11) is 0. The van der Waals surface area contributed by atoms with Crippen LogP contribution in [0.3, 0.4) is 0 Å². The zero-order valence-electron chi connectivity index (χ0n) is 11.0. The molecule has 2 heteroatoms. The molecule has 2 aromatic rings. The van der Waals surface area contributed by atoms with Crippen LogP contribution in [-0.4, -0.2) is 12.6 Å². The number of benzene rings is 2. The van der Waals surface area contributed by atoms with Crippen LogP contribution in [0.5, 0.6) is 0 Å². The molecule has 1 atom stereocenters. The lowest BCUT2D eigenvalue weighted by Crippen LogP contribution is -1.92. The number of hydrogen-bond acceptors (Lipinski definition) is 2. The molecule has 98 valence electrons. The molecule has 0 bridgehead atoms. The summed E-state index contributed by atoms with van der Waals surface area (Å²) in [5, 5.41) is 0. The Balaban J connectivity index is 0.000000191. The lowest BCUT2D eigenvalue weighted by Gasteiger charge is -2.00. The topological polar surface area (TPSA) is 34.1 Å². The molecule has 0 fully saturated rings. The van der Waals surface area contributed by atoms with Crippen LogP contribution in [0.15, 0.2) is 60.7 Å². The SMILES string of the molecule is CC(C=O)c1ccccc1.O=CCc1ccccc1. The van der Waals surface area contributed by atoms with Crippen molar-refractivity contribution in [3.05, 3.63) is 71.8 Å². The second-order valence-corrected chi connectivity index (χ2v) is 4.19. The zero-order chi connectivity index (χ0) is 13.9. The second-order valence-electron chi connectivity index (χ2n) is 4.19. The molecule has 0 spiro atoms. The number of rotatable bonds is 4. The average molecular weight is 254 g/mol. The first-order chi connectivity index (χ1) is 9.27. The Bertz CT molecular complexity index is 477. The highest BCUT2D eigenvalue weighted by atomic mass is 16.1. The van der Waals surface area contributed by atoms with Crippen LogP contribution >= 0.6 is 0 Å². The third-order valence-electron chi connectivity index (χ3n) is 2.69. The van der Waals surface area contributed by atoms with Crippen molar-refractivity contribution in [3.63, 3.8) is 0 Å². The Kier molecular flexibility index (Phi) is 6.88. The minimum Gasteiger partial charge on any atom is -0.303 e. The van der Waals surface area contributed by atoms with Crippen molar-refractivity contribution in [2.75, 3.05) is 0 Å². The number of carbonyl (C=O) groups is 2. The van der Waals surface area contributed by atoms with Crippen molar-refractivity contribution in [3.8, 4) is 0 Å². The molecular formula is C17H18O2. The Labute approximate surface area is 114 Å². The molecule has 19 heavy (non-hydrogen) atoms. The van der Waals surface area contributed by atoms with Crippen LogP contribution in [0.4, 0.5) is 0 Å². The van der Waals surface area contributed by atoms with Crippen LogP contribution in [0.2, 0.25) is 0 Å². The molecule has 1 unspecified atom stereocenters. The molecule has 0 aliphatic rings. The molecule has 2 aromatic carbocycles. The van der Waals surface area contributed by atoms with Gasteiger partial charge in [0.25, 0.3) is 0 Å². The third-order valence-corrected chi connectivity index (χ3v) is 2.69. The van der Waals surface area contributed by atoms with Gasteiger partial charge in [-0.1, -0.05) is 67.6 Å². The highest BCUT2D eigenvalue weighted by molar-refractivity contribution is 5.61. The monoisotopic (exact) mass is 254 g/mol. The lowest BCUT2D eigenvalue weighted by atomic mass is 10.0. The van der Waals surface area contributed by atoms with Gasteiger partial charge < -0.3 is 9.59 Å². The van der Waals surface area contributed by atoms with E-state index >= 15 is 0 Å². The zero-order valence-corrected chi connectivity index (χ0v) is 11.0. The van der Waals surface area contributed by atoms with Crippen LogP contribution < -0.4 is 0 Å². The largest absolute Gasteiger partial charge is 0.303 e. The van der Waals surface area contributed by atoms with Gasteiger partial charge >= 0.3 is 0 Å². The van der Waals surface area contributed by atoms with Gasteiger partial charge in [-0.3, -0.25) is 0 Å². The highest BCUT2D eigenvalue weighted by Gasteiger charge is 1.99. The Morgan fingerprint density at radius 2 is 1.42 bits per heavy atom. The van der Waals surface area contributed by atoms with Crippen LogP contribution in [0.25, 0.3) is 0 Å². The van der Waals surface area contributed by atoms with Gasteiger partial charge in [-0.05, 0) is 11.1 Å². The van der Waals surface area contributed by atoms with Gasteiger partial charge in [-0.15, -0.1) is 0 Å². The minimum atomic E-state index is 0.0289. The average Bonchev–Trinajstić information content (AvgIpc) is 2.49. The Morgan fingerprint density at radius 1 is 0.895 bits per heavy atom. The van der Waals surface area contributed by atoms with Crippen molar-refractivity contribution in [2.24, 2.45) is 0 Å². The van der Waals surface area contributed by atoms with E-state index < -0.39 is 0 Å². The summed E-state index contributed by atoms with van der Waals surface area (Å²) in [6.45, 7) is 1.89. The minimum absolute atomic E-state index is 0.0289. The van der Waals surface area contributed by atoms with Crippen molar-refractivity contribution in [2.45, 2.75) is 19.3 Å². The molecule has 2 nitrogen and oxygen atoms in total. The quantitative estimate of drug-likeness (QED) is 0.783. The van der Waals surface area contributed by atoms with E-state index in [0.29, 0.717) is 6.42 Å². The smallest absolute Gasteiger partial charge is 0.127 e. The van der Waals surface area contributed by atoms with Gasteiger partial charge in [0.2, 0.25) is 0 Å². The first-order valence-electron chi connectivity index (χ1n) is 6.25. The fourth-order valence-electron chi connectivity index (χ4n) is 1.55. The van der Waals surface area contributed by atoms with E-state index in [4.69, 9.17) is 0 Å². The molecular weight excluding hydrogens is 236 g/mol. The normalized spacial score (nSPS) is 10.8. The maximum Gasteiger partial charge on any atom is 0.127 e. The van der Waals surface area contributed by atoms with Gasteiger partial charge in [-0.25, -0.2) is 0 Å². The van der Waals surface area contributed by atoms with E-state index in [1.165, 1.54) is 0 Å². The molecule has 0 amide bonds. The summed E-state index contributed by atoms with van der Waals surface area (Å²) in [5.41, 5.74) is 2.16. The number of aldehydes is 2. The molecule has 0 N–H and O–H groups in total. The summed E-state index contributed by atoms with van der Waals surface area (Å²) in [4.78, 5) is 20.3. The lowest BCUT2D eigenvalue weighted by molar-refractivity contribution is -0.109. The molecule has 0 saturated heterocycles. The number of hydrogen-bond donors (Lipinski definition) is 0. The summed E-state index contributed by atoms with van der Waals surface area (Å²) in [6, 6.07) is 19.4. The standard InChI is InChI=1S/C9H10O.C8H8O/c1-8(7-10)9-5-3-2-4-6-9;9-7-6-8-4-2-1-3-5-8/h2-8H,1H3;1-5,7H,6H2. The van der Waals surface area contributed by atoms with Crippen LogP contribution in [-0.2, 0) is 16.0 Å². The van der Waals surface area contributed by atoms with Gasteiger partial charge in [0.15, 0.2) is 0 Å². The Morgan fingerprint density at radius 3 is 1.89 bits per heavy atom. The molecule has 0 aliphatic heterocycles. The van der Waals surface area contributed by atoms with Crippen molar-refractivity contribution >= 4 is 12.6 Å². The highest BCUT2D eigenvalue weighted by Crippen LogP contribution is 2.10. The molecule has 0 saturated carbocycles. The number of carbonyl (C=O) groups excluding carboxylic acids is 2. The summed E-state index contributed by atoms with van der Waals surface area (Å²) < 4.78 is 0. The van der Waals surface area contributed by atoms with Gasteiger partial charge in [-0.2, -0.15) is 0 Å². The van der Waals surface area contributed by atoms with Crippen molar-refractivity contribution in [1.82, 2.24) is 0 Å². The van der Waals surface area contributed by atoms with E-state index in [9.17, 15) is 9.59 Å². The molecule has 0 aromatic heterocycles. The van der Waals surface area contributed by atoms with Gasteiger partial charge in [0.1, 0.15) is 12.6 Å². The first kappa shape index (κ1) is 14.8. The van der Waals surface area contributed by atoms with E-state index in [0.717, 1.165) is 23.7 Å². The van der Waals surface area contributed by atoms with Crippen LogP contribution in [0.1, 0.15) is 24.0 Å². The van der Waals surface area contributed by atoms with Crippen molar-refractivity contribution < 1.29 is 9.59 Å². The summed E-state index contributed by atoms with van der Waals surface area (Å²) in [6.07, 6.45) is 2.39. The summed E-state index contributed by atoms with van der Waals surface area (Å²) in [5.74, 6) is 0.0289. The van der Waals surface area contributed by atoms with E-state index in [-0.39, 0.29) is 5.92 Å². The van der Waals surface area contributed by atoms with E-state index in [1.54, 1.807) is 0 Å². The fraction of sp³-hybridized carbons (Fsp3) is 0.176. The third kappa shape index (κ3) is 5.77. The predicted molar refractivity (Wildman–Crippen MR) is 77.1 cm³/mol. The molecule has 2 rings (SSSR count). The van der Waals surface area contributed by atoms with E-state index in [2.05, 4.69) is 0 Å². The molecule has 0 aliphatic carbocycles. The maximum atomic E-state index is 10.3. The van der Waals surface area contributed by atoms with E-state index in [1.807, 2.05) is 67.6 Å². The fourth-order valence-corrected chi connectivity index (χ4v) is 1.55. The molecule has 0 heterocycles. The van der Waals surface area contributed by atoms with Gasteiger partial charge in [0, 0.05) is 12.3 Å². The first-order valence-corrected chi connectivity index (χ1v) is 6.25. The van der Waals surface area contributed by atoms with Crippen molar-refractivity contribution in [1.29, 1.82) is 0 Å². The van der Waals surface area contributed by atoms with Gasteiger partial charge in [0.05, 0.1) is 0 Å². The predicted octanol–water partition coefficient (Wildman–Crippen LogP) is 3.42. The maximum absolute atomic E-state index is 10.3.